The fourth-order valence-electron chi connectivity index (χ4n) is 9.39. The predicted molar refractivity (Wildman–Crippen MR) is 217 cm³/mol. The van der Waals surface area contributed by atoms with Crippen molar-refractivity contribution in [3.05, 3.63) is 96.6 Å². The second-order valence-electron chi connectivity index (χ2n) is 16.5. The minimum Gasteiger partial charge on any atom is -0.474 e. The molecule has 3 amide bonds. The summed E-state index contributed by atoms with van der Waals surface area (Å²) in [5.74, 6) is -0.540. The smallest absolute Gasteiger partial charge is 0.262 e. The maximum absolute atomic E-state index is 13.3. The standard InChI is InChI=1S/C45H46N6O7/c1-27-3-9-39(42(52)48-27)51-43(53)35-8-6-30(18-36(35)44(51)54)50-25-45(26-50)21-33(22-45)57-16-14-55-13-15-56-31-19-32(20-31)58-41-10-5-29(23-47-41)28-4-7-34-37-24-46-12-11-38(37)49(2)40(34)17-28/h4-8,10-12,17-18,23-24,31-33,39H,1,3,9,13-16,19-22,25-26H2,2H3,(H,48,52). The van der Waals surface area contributed by atoms with Crippen molar-refractivity contribution in [3.63, 3.8) is 0 Å². The number of hydrogen-bond donors (Lipinski definition) is 1. The number of nitrogens with one attached hydrogen (secondary N) is 1. The lowest BCUT2D eigenvalue weighted by molar-refractivity contribution is -0.125. The van der Waals surface area contributed by atoms with Crippen molar-refractivity contribution in [2.75, 3.05) is 44.4 Å². The van der Waals surface area contributed by atoms with E-state index < -0.39 is 17.9 Å². The third-order valence-corrected chi connectivity index (χ3v) is 12.7. The SMILES string of the molecule is C=C1CCC(N2C(=O)c3ccc(N4CC5(CC(OCCOCCOC6CC(Oc7ccc(-c8ccc9c%10cnccc%10n(C)c9c8)cn7)C6)C5)C4)cc3C2=O)C(=O)N1. The molecule has 6 heterocycles. The largest absolute Gasteiger partial charge is 0.474 e. The molecule has 13 heteroatoms. The molecular weight excluding hydrogens is 737 g/mol. The quantitative estimate of drug-likeness (QED) is 0.115. The van der Waals surface area contributed by atoms with Gasteiger partial charge >= 0.3 is 0 Å². The van der Waals surface area contributed by atoms with Gasteiger partial charge in [0.1, 0.15) is 12.1 Å². The molecule has 4 fully saturated rings. The first kappa shape index (κ1) is 36.7. The van der Waals surface area contributed by atoms with Crippen LogP contribution in [0.25, 0.3) is 32.9 Å². The number of nitrogens with zero attached hydrogens (tertiary/aromatic N) is 5. The summed E-state index contributed by atoms with van der Waals surface area (Å²) in [7, 11) is 2.09. The number of anilines is 1. The Hall–Kier alpha value is -5.63. The molecule has 0 radical (unpaired) electrons. The van der Waals surface area contributed by atoms with Gasteiger partial charge in [-0.2, -0.15) is 0 Å². The predicted octanol–water partition coefficient (Wildman–Crippen LogP) is 5.81. The Balaban J connectivity index is 0.592. The molecule has 1 spiro atoms. The van der Waals surface area contributed by atoms with Crippen LogP contribution < -0.4 is 15.0 Å². The average Bonchev–Trinajstić information content (AvgIpc) is 3.61. The fraction of sp³-hybridized carbons (Fsp3) is 0.400. The lowest BCUT2D eigenvalue weighted by Crippen LogP contribution is -2.64. The highest BCUT2D eigenvalue weighted by Crippen LogP contribution is 2.51. The van der Waals surface area contributed by atoms with Crippen LogP contribution in [0.4, 0.5) is 5.69 Å². The van der Waals surface area contributed by atoms with E-state index in [1.165, 1.54) is 5.39 Å². The van der Waals surface area contributed by atoms with Gasteiger partial charge in [0.05, 0.1) is 55.3 Å². The molecule has 1 unspecified atom stereocenters. The zero-order valence-corrected chi connectivity index (χ0v) is 32.5. The number of benzene rings is 2. The first-order valence-electron chi connectivity index (χ1n) is 20.2. The van der Waals surface area contributed by atoms with Crippen LogP contribution in [0.1, 0.15) is 59.2 Å². The Kier molecular flexibility index (Phi) is 9.26. The van der Waals surface area contributed by atoms with Gasteiger partial charge in [0.2, 0.25) is 11.8 Å². The zero-order valence-electron chi connectivity index (χ0n) is 32.5. The third kappa shape index (κ3) is 6.60. The molecule has 3 aromatic heterocycles. The maximum Gasteiger partial charge on any atom is 0.262 e. The van der Waals surface area contributed by atoms with E-state index in [0.29, 0.717) is 62.0 Å². The molecular formula is C45H46N6O7. The first-order chi connectivity index (χ1) is 28.2. The Morgan fingerprint density at radius 3 is 2.36 bits per heavy atom. The fourth-order valence-corrected chi connectivity index (χ4v) is 9.39. The molecule has 1 atom stereocenters. The maximum atomic E-state index is 13.3. The molecule has 5 aromatic rings. The number of ether oxygens (including phenoxy) is 4. The minimum absolute atomic E-state index is 0.0972. The average molecular weight is 783 g/mol. The number of aryl methyl sites for hydroxylation is 1. The molecule has 2 saturated carbocycles. The van der Waals surface area contributed by atoms with Crippen LogP contribution in [0.5, 0.6) is 5.88 Å². The number of amides is 3. The molecule has 13 nitrogen and oxygen atoms in total. The molecule has 10 rings (SSSR count). The number of rotatable bonds is 13. The highest BCUT2D eigenvalue weighted by molar-refractivity contribution is 6.23. The normalized spacial score (nSPS) is 22.6. The molecule has 2 aliphatic carbocycles. The number of carbonyl (C=O) groups excluding carboxylic acids is 3. The number of allylic oxidation sites excluding steroid dienone is 1. The molecule has 0 bridgehead atoms. The summed E-state index contributed by atoms with van der Waals surface area (Å²) in [5.41, 5.74) is 6.96. The van der Waals surface area contributed by atoms with Gasteiger partial charge in [0.25, 0.3) is 11.8 Å². The summed E-state index contributed by atoms with van der Waals surface area (Å²) in [5, 5.41) is 5.03. The van der Waals surface area contributed by atoms with E-state index in [4.69, 9.17) is 18.9 Å². The minimum atomic E-state index is -0.806. The van der Waals surface area contributed by atoms with E-state index in [1.807, 2.05) is 36.8 Å². The van der Waals surface area contributed by atoms with Crippen molar-refractivity contribution < 1.29 is 33.3 Å². The van der Waals surface area contributed by atoms with Crippen molar-refractivity contribution in [2.24, 2.45) is 12.5 Å². The number of aromatic nitrogens is 3. The topological polar surface area (TPSA) is 137 Å². The number of piperidine rings is 1. The van der Waals surface area contributed by atoms with Crippen molar-refractivity contribution in [3.8, 4) is 17.0 Å². The molecule has 58 heavy (non-hydrogen) atoms. The number of hydrogen-bond acceptors (Lipinski definition) is 10. The summed E-state index contributed by atoms with van der Waals surface area (Å²) in [4.78, 5) is 51.2. The first-order valence-corrected chi connectivity index (χ1v) is 20.2. The van der Waals surface area contributed by atoms with Gasteiger partial charge in [-0.1, -0.05) is 18.7 Å². The van der Waals surface area contributed by atoms with Crippen molar-refractivity contribution in [1.29, 1.82) is 0 Å². The highest BCUT2D eigenvalue weighted by Gasteiger charge is 2.53. The summed E-state index contributed by atoms with van der Waals surface area (Å²) in [6, 6.07) is 17.2. The van der Waals surface area contributed by atoms with Crippen LogP contribution in [-0.2, 0) is 26.1 Å². The van der Waals surface area contributed by atoms with E-state index in [-0.39, 0.29) is 29.6 Å². The van der Waals surface area contributed by atoms with Gasteiger partial charge in [-0.25, -0.2) is 4.98 Å². The Morgan fingerprint density at radius 1 is 0.810 bits per heavy atom. The third-order valence-electron chi connectivity index (χ3n) is 12.7. The van der Waals surface area contributed by atoms with Crippen LogP contribution >= 0.6 is 0 Å². The van der Waals surface area contributed by atoms with Gasteiger partial charge < -0.3 is 33.7 Å². The lowest BCUT2D eigenvalue weighted by Gasteiger charge is -2.59. The van der Waals surface area contributed by atoms with E-state index in [1.54, 1.807) is 12.1 Å². The molecule has 2 aromatic carbocycles. The van der Waals surface area contributed by atoms with Crippen molar-refractivity contribution in [1.82, 2.24) is 24.8 Å². The molecule has 298 valence electrons. The Morgan fingerprint density at radius 2 is 1.59 bits per heavy atom. The van der Waals surface area contributed by atoms with Crippen LogP contribution in [0.2, 0.25) is 0 Å². The van der Waals surface area contributed by atoms with E-state index >= 15 is 0 Å². The number of carbonyl (C=O) groups is 3. The summed E-state index contributed by atoms with van der Waals surface area (Å²) < 4.78 is 26.2. The monoisotopic (exact) mass is 782 g/mol. The van der Waals surface area contributed by atoms with Gasteiger partial charge in [0.15, 0.2) is 0 Å². The molecule has 1 N–H and O–H groups in total. The van der Waals surface area contributed by atoms with Crippen LogP contribution in [0, 0.1) is 5.41 Å². The van der Waals surface area contributed by atoms with E-state index in [9.17, 15) is 14.4 Å². The summed E-state index contributed by atoms with van der Waals surface area (Å²) in [6.07, 6.45) is 10.7. The van der Waals surface area contributed by atoms with Crippen molar-refractivity contribution in [2.45, 2.75) is 62.9 Å². The van der Waals surface area contributed by atoms with E-state index in [0.717, 1.165) is 76.9 Å². The van der Waals surface area contributed by atoms with Gasteiger partial charge in [-0.3, -0.25) is 24.3 Å². The van der Waals surface area contributed by atoms with Crippen molar-refractivity contribution >= 4 is 45.2 Å². The van der Waals surface area contributed by atoms with Gasteiger partial charge in [-0.05, 0) is 67.6 Å². The molecule has 2 saturated heterocycles. The Bertz CT molecular complexity index is 2440. The number of imide groups is 1. The lowest BCUT2D eigenvalue weighted by atomic mass is 9.61. The highest BCUT2D eigenvalue weighted by atomic mass is 16.6. The molecule has 3 aliphatic heterocycles. The number of pyridine rings is 2. The second kappa shape index (κ2) is 14.6. The van der Waals surface area contributed by atoms with Gasteiger partial charge in [0, 0.05) is 96.3 Å². The molecule has 5 aliphatic rings. The van der Waals surface area contributed by atoms with Gasteiger partial charge in [-0.15, -0.1) is 0 Å². The second-order valence-corrected chi connectivity index (χ2v) is 16.5. The van der Waals surface area contributed by atoms with Crippen LogP contribution in [0.3, 0.4) is 0 Å². The summed E-state index contributed by atoms with van der Waals surface area (Å²) in [6.45, 7) is 7.70. The van der Waals surface area contributed by atoms with Crippen LogP contribution in [0.15, 0.2) is 85.5 Å². The Labute approximate surface area is 335 Å². The van der Waals surface area contributed by atoms with Crippen LogP contribution in [-0.4, -0.2) is 101 Å². The van der Waals surface area contributed by atoms with E-state index in [2.05, 4.69) is 62.6 Å². The zero-order chi connectivity index (χ0) is 39.5. The summed E-state index contributed by atoms with van der Waals surface area (Å²) >= 11 is 0. The number of fused-ring (bicyclic) bond motifs is 4.